The Morgan fingerprint density at radius 2 is 2.08 bits per heavy atom. The predicted octanol–water partition coefficient (Wildman–Crippen LogP) is 0.0725. The molecule has 0 spiro atoms. The van der Waals surface area contributed by atoms with Crippen molar-refractivity contribution in [2.75, 3.05) is 0 Å². The first kappa shape index (κ1) is 9.03. The summed E-state index contributed by atoms with van der Waals surface area (Å²) >= 11 is 0. The smallest absolute Gasteiger partial charge is 0.329 e. The second-order valence-electron chi connectivity index (χ2n) is 3.18. The first-order valence-electron chi connectivity index (χ1n) is 4.00. The van der Waals surface area contributed by atoms with Crippen molar-refractivity contribution in [2.45, 2.75) is 32.9 Å². The molecule has 0 aromatic heterocycles. The number of nitrogens with one attached hydrogen (secondary N) is 1. The Bertz CT molecular complexity index is 214. The quantitative estimate of drug-likeness (QED) is 0.568. The molecule has 12 heavy (non-hydrogen) atoms. The lowest BCUT2D eigenvalue weighted by Gasteiger charge is -2.12. The zero-order valence-electron chi connectivity index (χ0n) is 7.46. The van der Waals surface area contributed by atoms with Crippen LogP contribution in [0.15, 0.2) is 0 Å². The van der Waals surface area contributed by atoms with E-state index >= 15 is 0 Å². The normalized spacial score (nSPS) is 34.6. The van der Waals surface area contributed by atoms with Gasteiger partial charge in [0.25, 0.3) is 0 Å². The van der Waals surface area contributed by atoms with E-state index in [4.69, 9.17) is 4.74 Å². The average molecular weight is 171 g/mol. The molecule has 1 aliphatic heterocycles. The molecule has 0 radical (unpaired) electrons. The van der Waals surface area contributed by atoms with E-state index in [1.165, 1.54) is 6.92 Å². The third-order valence-electron chi connectivity index (χ3n) is 2.18. The highest BCUT2D eigenvalue weighted by atomic mass is 16.6. The first-order valence-corrected chi connectivity index (χ1v) is 4.00. The lowest BCUT2D eigenvalue weighted by molar-refractivity contribution is -0.143. The number of rotatable bonds is 1. The van der Waals surface area contributed by atoms with E-state index in [2.05, 4.69) is 5.32 Å². The number of ether oxygens (including phenoxy) is 1. The van der Waals surface area contributed by atoms with E-state index in [0.717, 1.165) is 0 Å². The molecule has 1 N–H and O–H groups in total. The molecular weight excluding hydrogens is 158 g/mol. The minimum Gasteiger partial charge on any atom is -0.461 e. The highest BCUT2D eigenvalue weighted by Gasteiger charge is 2.39. The van der Waals surface area contributed by atoms with Crippen LogP contribution < -0.4 is 5.32 Å². The van der Waals surface area contributed by atoms with Gasteiger partial charge in [0.1, 0.15) is 12.1 Å². The maximum atomic E-state index is 11.1. The summed E-state index contributed by atoms with van der Waals surface area (Å²) in [6.45, 7) is 5.10. The summed E-state index contributed by atoms with van der Waals surface area (Å²) in [5.74, 6) is -0.468. The minimum atomic E-state index is -0.461. The molecule has 1 aliphatic rings. The van der Waals surface area contributed by atoms with Crippen molar-refractivity contribution >= 4 is 11.9 Å². The predicted molar refractivity (Wildman–Crippen MR) is 42.3 cm³/mol. The van der Waals surface area contributed by atoms with Gasteiger partial charge in [0.15, 0.2) is 0 Å². The second kappa shape index (κ2) is 3.13. The van der Waals surface area contributed by atoms with Gasteiger partial charge in [-0.25, -0.2) is 4.79 Å². The van der Waals surface area contributed by atoms with Crippen LogP contribution in [-0.4, -0.2) is 24.0 Å². The van der Waals surface area contributed by atoms with Crippen molar-refractivity contribution in [2.24, 2.45) is 5.92 Å². The SMILES string of the molecule is CC(=O)N[C@H]1C(=O)O[C@@H](C)[C@H]1C. The summed E-state index contributed by atoms with van der Waals surface area (Å²) in [4.78, 5) is 21.8. The van der Waals surface area contributed by atoms with E-state index in [-0.39, 0.29) is 23.9 Å². The van der Waals surface area contributed by atoms with Gasteiger partial charge >= 0.3 is 5.97 Å². The number of hydrogen-bond acceptors (Lipinski definition) is 3. The number of carbonyl (C=O) groups excluding carboxylic acids is 2. The number of carbonyl (C=O) groups is 2. The lowest BCUT2D eigenvalue weighted by Crippen LogP contribution is -2.40. The minimum absolute atomic E-state index is 0.0569. The van der Waals surface area contributed by atoms with Crippen molar-refractivity contribution in [3.05, 3.63) is 0 Å². The number of hydrogen-bond donors (Lipinski definition) is 1. The van der Waals surface area contributed by atoms with Crippen LogP contribution in [0, 0.1) is 5.92 Å². The molecule has 1 amide bonds. The fourth-order valence-corrected chi connectivity index (χ4v) is 1.26. The zero-order valence-corrected chi connectivity index (χ0v) is 7.46. The summed E-state index contributed by atoms with van der Waals surface area (Å²) < 4.78 is 4.93. The van der Waals surface area contributed by atoms with Crippen molar-refractivity contribution in [1.29, 1.82) is 0 Å². The molecule has 3 atom stereocenters. The molecule has 1 heterocycles. The fraction of sp³-hybridized carbons (Fsp3) is 0.750. The average Bonchev–Trinajstić information content (AvgIpc) is 2.16. The Kier molecular flexibility index (Phi) is 2.35. The van der Waals surface area contributed by atoms with Crippen LogP contribution in [0.2, 0.25) is 0 Å². The van der Waals surface area contributed by atoms with Crippen LogP contribution in [0.4, 0.5) is 0 Å². The standard InChI is InChI=1S/C8H13NO3/c1-4-5(2)12-8(11)7(4)9-6(3)10/h4-5,7H,1-3H3,(H,9,10)/t4-,5+,7-/m1/s1. The Labute approximate surface area is 71.3 Å². The molecule has 68 valence electrons. The van der Waals surface area contributed by atoms with Gasteiger partial charge in [0.05, 0.1) is 0 Å². The maximum Gasteiger partial charge on any atom is 0.329 e. The van der Waals surface area contributed by atoms with Crippen LogP contribution in [0.1, 0.15) is 20.8 Å². The van der Waals surface area contributed by atoms with Gasteiger partial charge in [0.2, 0.25) is 5.91 Å². The van der Waals surface area contributed by atoms with Crippen molar-refractivity contribution in [3.8, 4) is 0 Å². The Morgan fingerprint density at radius 1 is 1.50 bits per heavy atom. The summed E-state index contributed by atoms with van der Waals surface area (Å²) in [5.41, 5.74) is 0. The molecule has 4 nitrogen and oxygen atoms in total. The molecule has 1 saturated heterocycles. The zero-order chi connectivity index (χ0) is 9.30. The Morgan fingerprint density at radius 3 is 2.42 bits per heavy atom. The topological polar surface area (TPSA) is 55.4 Å². The third-order valence-corrected chi connectivity index (χ3v) is 2.18. The summed E-state index contributed by atoms with van der Waals surface area (Å²) in [7, 11) is 0. The molecule has 0 aromatic carbocycles. The molecule has 0 aliphatic carbocycles. The highest BCUT2D eigenvalue weighted by molar-refractivity contribution is 5.84. The van der Waals surface area contributed by atoms with E-state index in [9.17, 15) is 9.59 Å². The first-order chi connectivity index (χ1) is 5.52. The largest absolute Gasteiger partial charge is 0.461 e. The number of amides is 1. The summed E-state index contributed by atoms with van der Waals surface area (Å²) in [5, 5.41) is 2.56. The van der Waals surface area contributed by atoms with E-state index in [0.29, 0.717) is 0 Å². The second-order valence-corrected chi connectivity index (χ2v) is 3.18. The van der Waals surface area contributed by atoms with Crippen molar-refractivity contribution in [1.82, 2.24) is 5.32 Å². The van der Waals surface area contributed by atoms with Crippen LogP contribution in [0.5, 0.6) is 0 Å². The molecule has 1 rings (SSSR count). The third kappa shape index (κ3) is 1.57. The Hall–Kier alpha value is -1.06. The van der Waals surface area contributed by atoms with Gasteiger partial charge in [-0.3, -0.25) is 4.79 Å². The molecular formula is C8H13NO3. The van der Waals surface area contributed by atoms with Gasteiger partial charge in [-0.1, -0.05) is 6.92 Å². The van der Waals surface area contributed by atoms with Crippen LogP contribution in [0.3, 0.4) is 0 Å². The molecule has 0 unspecified atom stereocenters. The number of cyclic esters (lactones) is 1. The molecule has 1 fully saturated rings. The van der Waals surface area contributed by atoms with Gasteiger partial charge in [-0.05, 0) is 6.92 Å². The highest BCUT2D eigenvalue weighted by Crippen LogP contribution is 2.21. The van der Waals surface area contributed by atoms with Gasteiger partial charge in [0, 0.05) is 12.8 Å². The number of esters is 1. The van der Waals surface area contributed by atoms with Crippen molar-refractivity contribution in [3.63, 3.8) is 0 Å². The van der Waals surface area contributed by atoms with Crippen LogP contribution in [0.25, 0.3) is 0 Å². The molecule has 0 aromatic rings. The van der Waals surface area contributed by atoms with Crippen molar-refractivity contribution < 1.29 is 14.3 Å². The van der Waals surface area contributed by atoms with Gasteiger partial charge in [-0.15, -0.1) is 0 Å². The Balaban J connectivity index is 2.63. The van der Waals surface area contributed by atoms with Crippen LogP contribution >= 0.6 is 0 Å². The fourth-order valence-electron chi connectivity index (χ4n) is 1.26. The van der Waals surface area contributed by atoms with E-state index in [1.807, 2.05) is 13.8 Å². The van der Waals surface area contributed by atoms with Gasteiger partial charge < -0.3 is 10.1 Å². The van der Waals surface area contributed by atoms with E-state index in [1.54, 1.807) is 0 Å². The molecule has 4 heteroatoms. The molecule has 0 saturated carbocycles. The molecule has 0 bridgehead atoms. The summed E-state index contributed by atoms with van der Waals surface area (Å²) in [6.07, 6.45) is -0.102. The van der Waals surface area contributed by atoms with Crippen LogP contribution in [-0.2, 0) is 14.3 Å². The lowest BCUT2D eigenvalue weighted by atomic mass is 10.0. The maximum absolute atomic E-state index is 11.1. The van der Waals surface area contributed by atoms with Gasteiger partial charge in [-0.2, -0.15) is 0 Å². The van der Waals surface area contributed by atoms with E-state index < -0.39 is 6.04 Å². The summed E-state index contributed by atoms with van der Waals surface area (Å²) in [6, 6.07) is -0.461. The monoisotopic (exact) mass is 171 g/mol.